The first kappa shape index (κ1) is 24.8. The second-order valence-corrected chi connectivity index (χ2v) is 9.04. The van der Waals surface area contributed by atoms with Crippen LogP contribution in [0, 0.1) is 0 Å². The Bertz CT molecular complexity index is 1150. The molecular formula is C23H24F3N5O3S. The number of carbonyl (C=O) groups excluding carboxylic acids is 1. The number of hydrogen-bond acceptors (Lipinski definition) is 9. The van der Waals surface area contributed by atoms with Gasteiger partial charge >= 0.3 is 12.1 Å². The topological polar surface area (TPSA) is 90.3 Å². The van der Waals surface area contributed by atoms with Gasteiger partial charge in [0.1, 0.15) is 17.5 Å². The Balaban J connectivity index is 1.36. The largest absolute Gasteiger partial charge is 0.490 e. The lowest BCUT2D eigenvalue weighted by Crippen LogP contribution is -2.39. The van der Waals surface area contributed by atoms with E-state index in [1.54, 1.807) is 6.07 Å². The second kappa shape index (κ2) is 10.5. The summed E-state index contributed by atoms with van der Waals surface area (Å²) in [7, 11) is 0. The Morgan fingerprint density at radius 3 is 2.49 bits per heavy atom. The lowest BCUT2D eigenvalue weighted by Gasteiger charge is -2.33. The number of ether oxygens (including phenoxy) is 2. The molecule has 35 heavy (non-hydrogen) atoms. The van der Waals surface area contributed by atoms with E-state index in [0.717, 1.165) is 6.07 Å². The van der Waals surface area contributed by atoms with E-state index in [-0.39, 0.29) is 17.8 Å². The number of aromatic nitrogens is 4. The molecule has 3 heterocycles. The lowest BCUT2D eigenvalue weighted by molar-refractivity contribution is -0.147. The number of rotatable bonds is 7. The monoisotopic (exact) mass is 507 g/mol. The van der Waals surface area contributed by atoms with Crippen molar-refractivity contribution in [3.05, 3.63) is 47.0 Å². The summed E-state index contributed by atoms with van der Waals surface area (Å²) in [6, 6.07) is 8.89. The van der Waals surface area contributed by atoms with Crippen molar-refractivity contribution in [2.45, 2.75) is 51.5 Å². The summed E-state index contributed by atoms with van der Waals surface area (Å²) in [4.78, 5) is 13.3. The molecular weight excluding hydrogens is 483 g/mol. The molecule has 3 aromatic rings. The zero-order valence-electron chi connectivity index (χ0n) is 19.2. The molecule has 0 radical (unpaired) electrons. The van der Waals surface area contributed by atoms with E-state index in [4.69, 9.17) is 9.47 Å². The molecule has 1 fully saturated rings. The van der Waals surface area contributed by atoms with Gasteiger partial charge < -0.3 is 14.4 Å². The average molecular weight is 508 g/mol. The van der Waals surface area contributed by atoms with Crippen LogP contribution in [-0.4, -0.2) is 45.6 Å². The van der Waals surface area contributed by atoms with E-state index in [2.05, 4.69) is 20.4 Å². The van der Waals surface area contributed by atoms with Gasteiger partial charge in [0, 0.05) is 32.9 Å². The molecule has 2 aromatic heterocycles. The minimum absolute atomic E-state index is 0.141. The van der Waals surface area contributed by atoms with Crippen molar-refractivity contribution in [1.29, 1.82) is 0 Å². The third-order valence-corrected chi connectivity index (χ3v) is 6.55. The van der Waals surface area contributed by atoms with E-state index in [1.165, 1.54) is 36.5 Å². The molecule has 0 N–H and O–H groups in total. The number of piperidine rings is 1. The van der Waals surface area contributed by atoms with Crippen LogP contribution in [0.3, 0.4) is 0 Å². The van der Waals surface area contributed by atoms with Gasteiger partial charge in [-0.1, -0.05) is 30.4 Å². The van der Waals surface area contributed by atoms with E-state index in [1.807, 2.05) is 17.9 Å². The highest BCUT2D eigenvalue weighted by molar-refractivity contribution is 7.14. The maximum absolute atomic E-state index is 13.2. The molecule has 4 rings (SSSR count). The van der Waals surface area contributed by atoms with Crippen molar-refractivity contribution in [2.24, 2.45) is 0 Å². The number of hydrogen-bond donors (Lipinski definition) is 0. The number of anilines is 1. The Kier molecular flexibility index (Phi) is 7.48. The Labute approximate surface area is 204 Å². The number of alkyl halides is 3. The van der Waals surface area contributed by atoms with Crippen molar-refractivity contribution in [3.63, 3.8) is 0 Å². The number of carbonyl (C=O) groups is 1. The summed E-state index contributed by atoms with van der Waals surface area (Å²) < 4.78 is 50.6. The van der Waals surface area contributed by atoms with Crippen molar-refractivity contribution < 1.29 is 27.4 Å². The second-order valence-electron chi connectivity index (χ2n) is 8.03. The van der Waals surface area contributed by atoms with Crippen LogP contribution in [-0.2, 0) is 15.7 Å². The van der Waals surface area contributed by atoms with Gasteiger partial charge in [-0.2, -0.15) is 13.2 Å². The standard InChI is InChI=1S/C23H24F3N5O3S/c1-3-18(33-14(2)32)22-30-29-21(35-22)17-8-9-20(28-27-17)31-12-10-15(11-13-31)34-19-7-5-4-6-16(19)23(24,25)26/h4-9,15,18H,3,10-13H2,1-2H3. The lowest BCUT2D eigenvalue weighted by atomic mass is 10.1. The molecule has 1 unspecified atom stereocenters. The highest BCUT2D eigenvalue weighted by atomic mass is 32.1. The molecule has 12 heteroatoms. The first-order valence-electron chi connectivity index (χ1n) is 11.2. The molecule has 0 spiro atoms. The van der Waals surface area contributed by atoms with Crippen LogP contribution in [0.5, 0.6) is 5.75 Å². The minimum atomic E-state index is -4.46. The van der Waals surface area contributed by atoms with Gasteiger partial charge in [-0.15, -0.1) is 20.4 Å². The maximum Gasteiger partial charge on any atom is 0.419 e. The summed E-state index contributed by atoms with van der Waals surface area (Å²) >= 11 is 1.29. The van der Waals surface area contributed by atoms with Gasteiger partial charge in [-0.3, -0.25) is 4.79 Å². The van der Waals surface area contributed by atoms with Gasteiger partial charge in [0.2, 0.25) is 0 Å². The third kappa shape index (κ3) is 6.05. The van der Waals surface area contributed by atoms with E-state index in [0.29, 0.717) is 53.9 Å². The molecule has 8 nitrogen and oxygen atoms in total. The van der Waals surface area contributed by atoms with Crippen molar-refractivity contribution in [1.82, 2.24) is 20.4 Å². The van der Waals surface area contributed by atoms with Crippen LogP contribution in [0.25, 0.3) is 10.7 Å². The fourth-order valence-electron chi connectivity index (χ4n) is 3.77. The summed E-state index contributed by atoms with van der Waals surface area (Å²) in [6.45, 7) is 4.41. The van der Waals surface area contributed by atoms with Crippen LogP contribution in [0.4, 0.5) is 19.0 Å². The van der Waals surface area contributed by atoms with Crippen LogP contribution in [0.1, 0.15) is 49.8 Å². The molecule has 1 atom stereocenters. The van der Waals surface area contributed by atoms with Crippen LogP contribution in [0.2, 0.25) is 0 Å². The summed E-state index contributed by atoms with van der Waals surface area (Å²) in [5.74, 6) is 0.147. The van der Waals surface area contributed by atoms with Crippen LogP contribution < -0.4 is 9.64 Å². The Morgan fingerprint density at radius 1 is 1.11 bits per heavy atom. The van der Waals surface area contributed by atoms with E-state index in [9.17, 15) is 18.0 Å². The normalized spacial score (nSPS) is 15.6. The van der Waals surface area contributed by atoms with Gasteiger partial charge in [0.05, 0.1) is 5.56 Å². The molecule has 1 aliphatic heterocycles. The van der Waals surface area contributed by atoms with Gasteiger partial charge in [0.25, 0.3) is 0 Å². The smallest absolute Gasteiger partial charge is 0.419 e. The average Bonchev–Trinajstić information content (AvgIpc) is 3.33. The summed E-state index contributed by atoms with van der Waals surface area (Å²) in [5, 5.41) is 18.0. The molecule has 1 aromatic carbocycles. The Hall–Kier alpha value is -3.28. The maximum atomic E-state index is 13.2. The van der Waals surface area contributed by atoms with Crippen LogP contribution >= 0.6 is 11.3 Å². The number of halogens is 3. The SMILES string of the molecule is CCC(OC(C)=O)c1nnc(-c2ccc(N3CCC(Oc4ccccc4C(F)(F)F)CC3)nn2)s1. The highest BCUT2D eigenvalue weighted by Gasteiger charge is 2.35. The molecule has 0 amide bonds. The molecule has 186 valence electrons. The highest BCUT2D eigenvalue weighted by Crippen LogP contribution is 2.37. The first-order valence-corrected chi connectivity index (χ1v) is 12.0. The predicted molar refractivity (Wildman–Crippen MR) is 123 cm³/mol. The fourth-order valence-corrected chi connectivity index (χ4v) is 4.69. The fraction of sp³-hybridized carbons (Fsp3) is 0.435. The van der Waals surface area contributed by atoms with Crippen molar-refractivity contribution >= 4 is 23.1 Å². The summed E-state index contributed by atoms with van der Waals surface area (Å²) in [6.07, 6.45) is -3.52. The van der Waals surface area contributed by atoms with Gasteiger partial charge in [-0.25, -0.2) is 0 Å². The first-order chi connectivity index (χ1) is 16.7. The zero-order valence-corrected chi connectivity index (χ0v) is 20.0. The predicted octanol–water partition coefficient (Wildman–Crippen LogP) is 5.08. The van der Waals surface area contributed by atoms with Gasteiger partial charge in [-0.05, 0) is 30.7 Å². The molecule has 0 aliphatic carbocycles. The Morgan fingerprint density at radius 2 is 1.86 bits per heavy atom. The quantitative estimate of drug-likeness (QED) is 0.409. The number of benzene rings is 1. The van der Waals surface area contributed by atoms with Gasteiger partial charge in [0.15, 0.2) is 21.9 Å². The van der Waals surface area contributed by atoms with Crippen LogP contribution in [0.15, 0.2) is 36.4 Å². The molecule has 0 saturated carbocycles. The van der Waals surface area contributed by atoms with Crippen molar-refractivity contribution in [3.8, 4) is 16.5 Å². The van der Waals surface area contributed by atoms with Crippen molar-refractivity contribution in [2.75, 3.05) is 18.0 Å². The molecule has 1 aliphatic rings. The number of esters is 1. The number of para-hydroxylation sites is 1. The van der Waals surface area contributed by atoms with E-state index < -0.39 is 17.8 Å². The molecule has 1 saturated heterocycles. The molecule has 0 bridgehead atoms. The third-order valence-electron chi connectivity index (χ3n) is 5.52. The van der Waals surface area contributed by atoms with E-state index >= 15 is 0 Å². The minimum Gasteiger partial charge on any atom is -0.490 e. The zero-order chi connectivity index (χ0) is 25.0. The number of nitrogens with zero attached hydrogens (tertiary/aromatic N) is 5. The summed E-state index contributed by atoms with van der Waals surface area (Å²) in [5.41, 5.74) is -0.209.